The van der Waals surface area contributed by atoms with Crippen LogP contribution in [0, 0.1) is 0 Å². The van der Waals surface area contributed by atoms with Gasteiger partial charge in [0, 0.05) is 31.5 Å². The Morgan fingerprint density at radius 2 is 1.83 bits per heavy atom. The second kappa shape index (κ2) is 6.26. The van der Waals surface area contributed by atoms with Crippen LogP contribution in [0.25, 0.3) is 0 Å². The predicted molar refractivity (Wildman–Crippen MR) is 80.5 cm³/mol. The molecule has 0 atom stereocenters. The fourth-order valence-electron chi connectivity index (χ4n) is 2.89. The molecule has 2 amide bonds. The molecule has 1 N–H and O–H groups in total. The third-order valence-corrected chi connectivity index (χ3v) is 4.33. The van der Waals surface area contributed by atoms with Gasteiger partial charge in [0.05, 0.1) is 18.7 Å². The molecule has 0 saturated carbocycles. The summed E-state index contributed by atoms with van der Waals surface area (Å²) in [7, 11) is 0. The van der Waals surface area contributed by atoms with Crippen LogP contribution in [0.5, 0.6) is 5.75 Å². The summed E-state index contributed by atoms with van der Waals surface area (Å²) in [6.45, 7) is 0.886. The summed E-state index contributed by atoms with van der Waals surface area (Å²) in [5, 5.41) is 9.02. The minimum Gasteiger partial charge on any atom is -0.491 e. The first kappa shape index (κ1) is 16.5. The standard InChI is InChI=1S/C16H18F2N2O4/c17-16(18)3-5-19(6-4-16)15(23)20-7-8-24-13-9-11(14(21)22)1-2-12(13)10-20/h1-2,9H,3-8,10H2,(H,21,22). The summed E-state index contributed by atoms with van der Waals surface area (Å²) in [5.74, 6) is -3.30. The van der Waals surface area contributed by atoms with E-state index in [2.05, 4.69) is 0 Å². The number of carbonyl (C=O) groups excluding carboxylic acids is 1. The second-order valence-corrected chi connectivity index (χ2v) is 6.02. The molecule has 1 fully saturated rings. The largest absolute Gasteiger partial charge is 0.491 e. The Morgan fingerprint density at radius 3 is 2.50 bits per heavy atom. The van der Waals surface area contributed by atoms with Crippen LogP contribution in [0.3, 0.4) is 0 Å². The van der Waals surface area contributed by atoms with Crippen molar-refractivity contribution in [1.82, 2.24) is 9.80 Å². The van der Waals surface area contributed by atoms with Gasteiger partial charge in [-0.3, -0.25) is 0 Å². The number of rotatable bonds is 1. The number of amides is 2. The van der Waals surface area contributed by atoms with E-state index in [4.69, 9.17) is 9.84 Å². The molecule has 0 bridgehead atoms. The Kier molecular flexibility index (Phi) is 4.29. The molecule has 1 saturated heterocycles. The first-order valence-electron chi connectivity index (χ1n) is 7.76. The zero-order chi connectivity index (χ0) is 17.3. The van der Waals surface area contributed by atoms with Crippen molar-refractivity contribution in [2.75, 3.05) is 26.2 Å². The lowest BCUT2D eigenvalue weighted by atomic mass is 10.1. The first-order chi connectivity index (χ1) is 11.4. The van der Waals surface area contributed by atoms with Crippen LogP contribution < -0.4 is 4.74 Å². The number of piperidine rings is 1. The van der Waals surface area contributed by atoms with Crippen LogP contribution in [0.4, 0.5) is 13.6 Å². The molecule has 0 aromatic heterocycles. The number of hydrogen-bond donors (Lipinski definition) is 1. The van der Waals surface area contributed by atoms with Gasteiger partial charge in [-0.1, -0.05) is 6.07 Å². The molecular weight excluding hydrogens is 322 g/mol. The highest BCUT2D eigenvalue weighted by molar-refractivity contribution is 5.88. The molecule has 0 aliphatic carbocycles. The maximum atomic E-state index is 13.2. The van der Waals surface area contributed by atoms with Crippen LogP contribution >= 0.6 is 0 Å². The Balaban J connectivity index is 1.72. The first-order valence-corrected chi connectivity index (χ1v) is 7.76. The van der Waals surface area contributed by atoms with Crippen molar-refractivity contribution in [3.63, 3.8) is 0 Å². The average Bonchev–Trinajstić information content (AvgIpc) is 2.75. The van der Waals surface area contributed by atoms with Crippen molar-refractivity contribution in [3.05, 3.63) is 29.3 Å². The second-order valence-electron chi connectivity index (χ2n) is 6.02. The zero-order valence-electron chi connectivity index (χ0n) is 13.0. The summed E-state index contributed by atoms with van der Waals surface area (Å²) in [6.07, 6.45) is -0.636. The fourth-order valence-corrected chi connectivity index (χ4v) is 2.89. The van der Waals surface area contributed by atoms with E-state index in [9.17, 15) is 18.4 Å². The van der Waals surface area contributed by atoms with Gasteiger partial charge in [0.2, 0.25) is 0 Å². The van der Waals surface area contributed by atoms with Gasteiger partial charge in [-0.2, -0.15) is 0 Å². The number of carbonyl (C=O) groups is 2. The number of likely N-dealkylation sites (tertiary alicyclic amines) is 1. The normalized spacial score (nSPS) is 19.9. The molecule has 6 nitrogen and oxygen atoms in total. The molecule has 3 rings (SSSR count). The van der Waals surface area contributed by atoms with E-state index in [-0.39, 0.29) is 50.7 Å². The summed E-state index contributed by atoms with van der Waals surface area (Å²) in [4.78, 5) is 26.6. The number of urea groups is 1. The van der Waals surface area contributed by atoms with Crippen molar-refractivity contribution >= 4 is 12.0 Å². The Morgan fingerprint density at radius 1 is 1.12 bits per heavy atom. The summed E-state index contributed by atoms with van der Waals surface area (Å²) >= 11 is 0. The third-order valence-electron chi connectivity index (χ3n) is 4.33. The molecule has 2 heterocycles. The Bertz CT molecular complexity index is 655. The number of fused-ring (bicyclic) bond motifs is 1. The number of alkyl halides is 2. The van der Waals surface area contributed by atoms with Gasteiger partial charge in [0.1, 0.15) is 12.4 Å². The third kappa shape index (κ3) is 3.42. The summed E-state index contributed by atoms with van der Waals surface area (Å²) in [5.41, 5.74) is 0.819. The number of nitrogens with zero attached hydrogens (tertiary/aromatic N) is 2. The van der Waals surface area contributed by atoms with E-state index in [1.54, 1.807) is 11.0 Å². The van der Waals surface area contributed by atoms with E-state index in [0.717, 1.165) is 0 Å². The molecule has 2 aliphatic rings. The number of ether oxygens (including phenoxy) is 1. The highest BCUT2D eigenvalue weighted by atomic mass is 19.3. The van der Waals surface area contributed by atoms with Gasteiger partial charge in [-0.25, -0.2) is 18.4 Å². The summed E-state index contributed by atoms with van der Waals surface area (Å²) < 4.78 is 32.0. The molecule has 130 valence electrons. The van der Waals surface area contributed by atoms with Gasteiger partial charge in [-0.15, -0.1) is 0 Å². The molecule has 2 aliphatic heterocycles. The van der Waals surface area contributed by atoms with Crippen LogP contribution in [0.1, 0.15) is 28.8 Å². The van der Waals surface area contributed by atoms with E-state index in [0.29, 0.717) is 17.9 Å². The van der Waals surface area contributed by atoms with E-state index in [1.807, 2.05) is 0 Å². The number of aromatic carboxylic acids is 1. The Hall–Kier alpha value is -2.38. The Labute approximate surface area is 137 Å². The van der Waals surface area contributed by atoms with E-state index < -0.39 is 11.9 Å². The number of carboxylic acids is 1. The van der Waals surface area contributed by atoms with Crippen LogP contribution in [-0.2, 0) is 6.54 Å². The summed E-state index contributed by atoms with van der Waals surface area (Å²) in [6, 6.07) is 4.23. The topological polar surface area (TPSA) is 70.1 Å². The van der Waals surface area contributed by atoms with Crippen LogP contribution in [0.15, 0.2) is 18.2 Å². The molecule has 0 unspecified atom stereocenters. The van der Waals surface area contributed by atoms with Gasteiger partial charge >= 0.3 is 12.0 Å². The maximum absolute atomic E-state index is 13.2. The van der Waals surface area contributed by atoms with Crippen molar-refractivity contribution < 1.29 is 28.2 Å². The molecular formula is C16H18F2N2O4. The minimum atomic E-state index is -2.70. The lowest BCUT2D eigenvalue weighted by Gasteiger charge is -2.35. The fraction of sp³-hybridized carbons (Fsp3) is 0.500. The monoisotopic (exact) mass is 340 g/mol. The lowest BCUT2D eigenvalue weighted by molar-refractivity contribution is -0.0493. The molecule has 1 aromatic carbocycles. The molecule has 8 heteroatoms. The predicted octanol–water partition coefficient (Wildman–Crippen LogP) is 2.43. The van der Waals surface area contributed by atoms with Gasteiger partial charge < -0.3 is 19.6 Å². The van der Waals surface area contributed by atoms with Gasteiger partial charge in [-0.05, 0) is 12.1 Å². The smallest absolute Gasteiger partial charge is 0.335 e. The maximum Gasteiger partial charge on any atom is 0.335 e. The van der Waals surface area contributed by atoms with Crippen molar-refractivity contribution in [2.24, 2.45) is 0 Å². The average molecular weight is 340 g/mol. The SMILES string of the molecule is O=C(O)c1ccc2c(c1)OCCN(C(=O)N1CCC(F)(F)CC1)C2. The quantitative estimate of drug-likeness (QED) is 0.852. The van der Waals surface area contributed by atoms with Crippen molar-refractivity contribution in [1.29, 1.82) is 0 Å². The van der Waals surface area contributed by atoms with Crippen molar-refractivity contribution in [2.45, 2.75) is 25.3 Å². The highest BCUT2D eigenvalue weighted by Gasteiger charge is 2.37. The van der Waals surface area contributed by atoms with Crippen LogP contribution in [0.2, 0.25) is 0 Å². The lowest BCUT2D eigenvalue weighted by Crippen LogP contribution is -2.49. The zero-order valence-corrected chi connectivity index (χ0v) is 13.0. The minimum absolute atomic E-state index is 0.0357. The molecule has 0 spiro atoms. The van der Waals surface area contributed by atoms with Crippen LogP contribution in [-0.4, -0.2) is 59.1 Å². The van der Waals surface area contributed by atoms with Crippen molar-refractivity contribution in [3.8, 4) is 5.75 Å². The number of hydrogen-bond acceptors (Lipinski definition) is 3. The molecule has 1 aromatic rings. The van der Waals surface area contributed by atoms with Gasteiger partial charge in [0.15, 0.2) is 0 Å². The van der Waals surface area contributed by atoms with E-state index in [1.165, 1.54) is 17.0 Å². The number of benzene rings is 1. The highest BCUT2D eigenvalue weighted by Crippen LogP contribution is 2.29. The molecule has 24 heavy (non-hydrogen) atoms. The number of halogens is 2. The van der Waals surface area contributed by atoms with E-state index >= 15 is 0 Å². The number of carboxylic acid groups (broad SMARTS) is 1. The van der Waals surface area contributed by atoms with Gasteiger partial charge in [0.25, 0.3) is 5.92 Å². The molecule has 0 radical (unpaired) electrons.